The Morgan fingerprint density at radius 3 is 2.18 bits per heavy atom. The first kappa shape index (κ1) is 41.1. The summed E-state index contributed by atoms with van der Waals surface area (Å²) in [5.74, 6) is -2.15. The molecule has 0 aromatic carbocycles. The van der Waals surface area contributed by atoms with E-state index in [1.807, 2.05) is 20.8 Å². The molecule has 14 nitrogen and oxygen atoms in total. The molecule has 4 heterocycles. The minimum atomic E-state index is -1.36. The van der Waals surface area contributed by atoms with E-state index < -0.39 is 97.1 Å². The Morgan fingerprint density at radius 2 is 1.53 bits per heavy atom. The predicted molar refractivity (Wildman–Crippen MR) is 181 cm³/mol. The lowest BCUT2D eigenvalue weighted by atomic mass is 9.82. The first-order chi connectivity index (χ1) is 24.1. The summed E-state index contributed by atoms with van der Waals surface area (Å²) < 4.78 is 52.1. The van der Waals surface area contributed by atoms with Crippen molar-refractivity contribution in [2.75, 3.05) is 20.8 Å². The van der Waals surface area contributed by atoms with Gasteiger partial charge in [0.1, 0.15) is 36.6 Å². The highest BCUT2D eigenvalue weighted by Crippen LogP contribution is 2.42. The van der Waals surface area contributed by atoms with Crippen molar-refractivity contribution in [3.05, 3.63) is 36.5 Å². The molecule has 0 aromatic rings. The van der Waals surface area contributed by atoms with Crippen molar-refractivity contribution in [2.45, 2.75) is 134 Å². The number of hydrogen-bond acceptors (Lipinski definition) is 14. The topological polar surface area (TPSA) is 175 Å². The molecule has 4 rings (SSSR count). The van der Waals surface area contributed by atoms with Crippen LogP contribution in [0.3, 0.4) is 0 Å². The lowest BCUT2D eigenvalue weighted by Gasteiger charge is -2.46. The lowest BCUT2D eigenvalue weighted by Crippen LogP contribution is -2.62. The fraction of sp³-hybridized carbons (Fsp3) is 0.757. The van der Waals surface area contributed by atoms with Crippen LogP contribution in [-0.2, 0) is 52.2 Å². The van der Waals surface area contributed by atoms with Gasteiger partial charge in [-0.25, -0.2) is 9.59 Å². The molecule has 0 radical (unpaired) electrons. The van der Waals surface area contributed by atoms with E-state index >= 15 is 0 Å². The minimum Gasteiger partial charge on any atom is -0.459 e. The van der Waals surface area contributed by atoms with Crippen molar-refractivity contribution in [2.24, 2.45) is 23.7 Å². The average molecular weight is 725 g/mol. The lowest BCUT2D eigenvalue weighted by molar-refractivity contribution is -0.308. The Labute approximate surface area is 300 Å². The zero-order valence-electron chi connectivity index (χ0n) is 31.0. The quantitative estimate of drug-likeness (QED) is 0.366. The monoisotopic (exact) mass is 724 g/mol. The van der Waals surface area contributed by atoms with Crippen LogP contribution in [0.15, 0.2) is 36.5 Å². The van der Waals surface area contributed by atoms with Gasteiger partial charge >= 0.3 is 12.1 Å². The number of allylic oxidation sites excluding steroid dienone is 3. The van der Waals surface area contributed by atoms with Crippen molar-refractivity contribution in [1.29, 1.82) is 0 Å². The molecule has 0 aliphatic carbocycles. The third-order valence-corrected chi connectivity index (χ3v) is 10.5. The number of ether oxygens (including phenoxy) is 9. The van der Waals surface area contributed by atoms with Gasteiger partial charge < -0.3 is 52.8 Å². The predicted octanol–water partition coefficient (Wildman–Crippen LogP) is 3.41. The van der Waals surface area contributed by atoms with Gasteiger partial charge in [-0.3, -0.25) is 4.79 Å². The van der Waals surface area contributed by atoms with Crippen LogP contribution in [-0.4, -0.2) is 122 Å². The van der Waals surface area contributed by atoms with Gasteiger partial charge in [-0.1, -0.05) is 45.1 Å². The first-order valence-electron chi connectivity index (χ1n) is 17.8. The van der Waals surface area contributed by atoms with Crippen LogP contribution in [0.4, 0.5) is 4.79 Å². The number of methoxy groups -OCH3 is 2. The zero-order valence-corrected chi connectivity index (χ0v) is 31.0. The van der Waals surface area contributed by atoms with E-state index in [9.17, 15) is 24.6 Å². The number of rotatable bonds is 7. The van der Waals surface area contributed by atoms with Gasteiger partial charge in [0.15, 0.2) is 24.0 Å². The fourth-order valence-electron chi connectivity index (χ4n) is 7.38. The summed E-state index contributed by atoms with van der Waals surface area (Å²) in [4.78, 5) is 38.4. The number of carbonyl (C=O) groups is 3. The molecule has 16 atom stereocenters. The Balaban J connectivity index is 1.53. The van der Waals surface area contributed by atoms with Gasteiger partial charge in [-0.15, -0.1) is 0 Å². The van der Waals surface area contributed by atoms with E-state index in [1.54, 1.807) is 52.0 Å². The minimum absolute atomic E-state index is 0.0586. The summed E-state index contributed by atoms with van der Waals surface area (Å²) in [5.41, 5.74) is -1.35. The van der Waals surface area contributed by atoms with Crippen LogP contribution in [0.2, 0.25) is 0 Å². The maximum atomic E-state index is 13.2. The Hall–Kier alpha value is -2.69. The van der Waals surface area contributed by atoms with Gasteiger partial charge in [0.05, 0.1) is 24.9 Å². The van der Waals surface area contributed by atoms with Crippen LogP contribution in [0.5, 0.6) is 0 Å². The molecule has 0 amide bonds. The second-order valence-corrected chi connectivity index (χ2v) is 14.4. The SMILES string of the molecule is CO[C@@H]1[C@H](OC[C@@H]2/C=C\C=C/C(=O)[C@@H](C)C[C@@H](C)[C@@H](O[C@H]3O[C@@H](C)C[C@]4(OC(=O)O[C@@H]4C)[C@H]3O)[C@H](C)/C=C\C(=O)O[C@H]2C)O[C@@H](C)[C@@H](O)[C@H]1OC. The Bertz CT molecular complexity index is 1280. The van der Waals surface area contributed by atoms with E-state index in [4.69, 9.17) is 42.6 Å². The summed E-state index contributed by atoms with van der Waals surface area (Å²) in [7, 11) is 2.96. The second kappa shape index (κ2) is 17.9. The van der Waals surface area contributed by atoms with Crippen LogP contribution < -0.4 is 0 Å². The van der Waals surface area contributed by atoms with Crippen molar-refractivity contribution >= 4 is 17.9 Å². The fourth-order valence-corrected chi connectivity index (χ4v) is 7.38. The van der Waals surface area contributed by atoms with Crippen molar-refractivity contribution < 1.29 is 67.2 Å². The van der Waals surface area contributed by atoms with Gasteiger partial charge in [0, 0.05) is 44.5 Å². The van der Waals surface area contributed by atoms with Crippen LogP contribution in [0, 0.1) is 23.7 Å². The molecule has 0 bridgehead atoms. The van der Waals surface area contributed by atoms with E-state index in [0.717, 1.165) is 0 Å². The number of hydrogen-bond donors (Lipinski definition) is 2. The zero-order chi connectivity index (χ0) is 37.6. The summed E-state index contributed by atoms with van der Waals surface area (Å²) >= 11 is 0. The van der Waals surface area contributed by atoms with Gasteiger partial charge in [-0.2, -0.15) is 0 Å². The maximum Gasteiger partial charge on any atom is 0.509 e. The molecule has 4 aliphatic heterocycles. The molecule has 3 saturated heterocycles. The molecule has 3 fully saturated rings. The number of esters is 1. The van der Waals surface area contributed by atoms with Gasteiger partial charge in [0.2, 0.25) is 0 Å². The van der Waals surface area contributed by atoms with Crippen LogP contribution >= 0.6 is 0 Å². The normalized spacial score (nSPS) is 46.2. The van der Waals surface area contributed by atoms with E-state index in [2.05, 4.69) is 0 Å². The van der Waals surface area contributed by atoms with Gasteiger partial charge in [0.25, 0.3) is 0 Å². The number of aliphatic hydroxyl groups excluding tert-OH is 2. The molecule has 4 aliphatic rings. The van der Waals surface area contributed by atoms with E-state index in [0.29, 0.717) is 6.42 Å². The highest BCUT2D eigenvalue weighted by atomic mass is 16.8. The highest BCUT2D eigenvalue weighted by molar-refractivity contribution is 5.91. The third-order valence-electron chi connectivity index (χ3n) is 10.5. The molecule has 0 aromatic heterocycles. The molecule has 14 heteroatoms. The Morgan fingerprint density at radius 1 is 0.824 bits per heavy atom. The second-order valence-electron chi connectivity index (χ2n) is 14.4. The summed E-state index contributed by atoms with van der Waals surface area (Å²) in [6, 6.07) is 0. The number of carbonyl (C=O) groups excluding carboxylic acids is 3. The van der Waals surface area contributed by atoms with Crippen LogP contribution in [0.25, 0.3) is 0 Å². The van der Waals surface area contributed by atoms with Crippen LogP contribution in [0.1, 0.15) is 61.3 Å². The molecule has 51 heavy (non-hydrogen) atoms. The molecule has 288 valence electrons. The Kier molecular flexibility index (Phi) is 14.4. The van der Waals surface area contributed by atoms with Crippen molar-refractivity contribution in [3.8, 4) is 0 Å². The van der Waals surface area contributed by atoms with Gasteiger partial charge in [-0.05, 0) is 46.1 Å². The standard InChI is InChI=1S/C37H56O14/c1-19-14-15-28(39)47-23(5)26(18-45-34-32(44-9)31(43-8)29(40)24(6)48-34)12-10-11-13-27(38)20(2)16-21(3)30(19)50-35-33(41)37(17-22(4)46-35)25(7)49-36(42)51-37/h10-15,19-26,29-35,40-41H,16-18H2,1-9H3/b12-10-,13-11-,15-14-/t19-,20+,21-,22+,23+,24+,25-,26+,29-,30+,31-,32+,33+,34-,35-,37-/m1/s1. The highest BCUT2D eigenvalue weighted by Gasteiger charge is 2.61. The third kappa shape index (κ3) is 9.65. The maximum absolute atomic E-state index is 13.2. The molecule has 1 spiro atoms. The summed E-state index contributed by atoms with van der Waals surface area (Å²) in [6.07, 6.45) is 0.681. The van der Waals surface area contributed by atoms with E-state index in [1.165, 1.54) is 26.4 Å². The first-order valence-corrected chi connectivity index (χ1v) is 17.8. The molecule has 2 N–H and O–H groups in total. The summed E-state index contributed by atoms with van der Waals surface area (Å²) in [6.45, 7) is 12.6. The number of cyclic esters (lactones) is 2. The van der Waals surface area contributed by atoms with Crippen molar-refractivity contribution in [3.63, 3.8) is 0 Å². The smallest absolute Gasteiger partial charge is 0.459 e. The summed E-state index contributed by atoms with van der Waals surface area (Å²) in [5, 5.41) is 22.0. The molecule has 0 unspecified atom stereocenters. The molecular formula is C37H56O14. The van der Waals surface area contributed by atoms with Crippen molar-refractivity contribution in [1.82, 2.24) is 0 Å². The molecular weight excluding hydrogens is 668 g/mol. The molecule has 0 saturated carbocycles. The van der Waals surface area contributed by atoms with E-state index in [-0.39, 0.29) is 30.6 Å². The number of ketones is 1. The largest absolute Gasteiger partial charge is 0.509 e. The number of aliphatic hydroxyl groups is 2. The average Bonchev–Trinajstić information content (AvgIpc) is 3.36.